The van der Waals surface area contributed by atoms with Gasteiger partial charge in [0.1, 0.15) is 0 Å². The molecule has 0 fully saturated rings. The number of benzene rings is 1. The molecule has 1 aromatic carbocycles. The summed E-state index contributed by atoms with van der Waals surface area (Å²) in [7, 11) is 2.19. The van der Waals surface area contributed by atoms with Gasteiger partial charge in [-0.25, -0.2) is 0 Å². The molecule has 0 saturated carbocycles. The Kier molecular flexibility index (Phi) is 5.43. The van der Waals surface area contributed by atoms with Gasteiger partial charge in [0, 0.05) is 36.1 Å². The standard InChI is InChI=1S/C18H26N2S/c1-13-7-8-18(16(10-13)11-14(2)19)20(4)15(3)12-17-6-5-9-21-17/h5-10,14-15H,11-12,19H2,1-4H3. The van der Waals surface area contributed by atoms with Gasteiger partial charge in [-0.05, 0) is 50.3 Å². The smallest absolute Gasteiger partial charge is 0.0399 e. The minimum Gasteiger partial charge on any atom is -0.371 e. The molecule has 2 unspecified atom stereocenters. The monoisotopic (exact) mass is 302 g/mol. The molecule has 3 heteroatoms. The van der Waals surface area contributed by atoms with Crippen molar-refractivity contribution in [3.8, 4) is 0 Å². The number of nitrogens with zero attached hydrogens (tertiary/aromatic N) is 1. The van der Waals surface area contributed by atoms with Crippen LogP contribution in [0.5, 0.6) is 0 Å². The highest BCUT2D eigenvalue weighted by atomic mass is 32.1. The molecule has 0 aliphatic carbocycles. The fourth-order valence-corrected chi connectivity index (χ4v) is 3.49. The maximum atomic E-state index is 6.01. The molecule has 2 N–H and O–H groups in total. The predicted octanol–water partition coefficient (Wildman–Crippen LogP) is 4.01. The van der Waals surface area contributed by atoms with Crippen LogP contribution in [0.1, 0.15) is 29.9 Å². The van der Waals surface area contributed by atoms with E-state index < -0.39 is 0 Å². The highest BCUT2D eigenvalue weighted by Crippen LogP contribution is 2.25. The summed E-state index contributed by atoms with van der Waals surface area (Å²) in [5.41, 5.74) is 9.97. The van der Waals surface area contributed by atoms with Gasteiger partial charge < -0.3 is 10.6 Å². The Morgan fingerprint density at radius 1 is 1.19 bits per heavy atom. The van der Waals surface area contributed by atoms with Crippen LogP contribution in [0.15, 0.2) is 35.7 Å². The SMILES string of the molecule is Cc1ccc(N(C)C(C)Cc2cccs2)c(CC(C)N)c1. The van der Waals surface area contributed by atoms with Crippen molar-refractivity contribution in [2.45, 2.75) is 45.7 Å². The summed E-state index contributed by atoms with van der Waals surface area (Å²) in [6.07, 6.45) is 2.01. The van der Waals surface area contributed by atoms with Gasteiger partial charge in [0.25, 0.3) is 0 Å². The van der Waals surface area contributed by atoms with Crippen LogP contribution in [0.25, 0.3) is 0 Å². The molecule has 0 spiro atoms. The molecule has 2 rings (SSSR count). The lowest BCUT2D eigenvalue weighted by Gasteiger charge is -2.29. The summed E-state index contributed by atoms with van der Waals surface area (Å²) in [5, 5.41) is 2.15. The molecule has 0 radical (unpaired) electrons. The van der Waals surface area contributed by atoms with Gasteiger partial charge in [-0.15, -0.1) is 11.3 Å². The van der Waals surface area contributed by atoms with Crippen molar-refractivity contribution < 1.29 is 0 Å². The third-order valence-electron chi connectivity index (χ3n) is 3.89. The van der Waals surface area contributed by atoms with Crippen LogP contribution in [0.4, 0.5) is 5.69 Å². The second kappa shape index (κ2) is 7.10. The van der Waals surface area contributed by atoms with Crippen molar-refractivity contribution in [3.63, 3.8) is 0 Å². The van der Waals surface area contributed by atoms with E-state index in [9.17, 15) is 0 Å². The fourth-order valence-electron chi connectivity index (χ4n) is 2.66. The Morgan fingerprint density at radius 2 is 1.95 bits per heavy atom. The van der Waals surface area contributed by atoms with E-state index in [0.29, 0.717) is 6.04 Å². The first-order valence-electron chi connectivity index (χ1n) is 7.57. The molecule has 2 aromatic rings. The average Bonchev–Trinajstić information content (AvgIpc) is 2.90. The lowest BCUT2D eigenvalue weighted by atomic mass is 10.0. The fraction of sp³-hybridized carbons (Fsp3) is 0.444. The van der Waals surface area contributed by atoms with Crippen LogP contribution in [0.2, 0.25) is 0 Å². The van der Waals surface area contributed by atoms with E-state index in [0.717, 1.165) is 12.8 Å². The summed E-state index contributed by atoms with van der Waals surface area (Å²) < 4.78 is 0. The van der Waals surface area contributed by atoms with Crippen LogP contribution in [0.3, 0.4) is 0 Å². The zero-order valence-electron chi connectivity index (χ0n) is 13.5. The van der Waals surface area contributed by atoms with Gasteiger partial charge in [-0.1, -0.05) is 23.8 Å². The molecule has 1 heterocycles. The number of nitrogens with two attached hydrogens (primary N) is 1. The van der Waals surface area contributed by atoms with E-state index in [1.807, 2.05) is 11.3 Å². The van der Waals surface area contributed by atoms with Gasteiger partial charge in [-0.2, -0.15) is 0 Å². The number of likely N-dealkylation sites (N-methyl/N-ethyl adjacent to an activating group) is 1. The van der Waals surface area contributed by atoms with Crippen LogP contribution < -0.4 is 10.6 Å². The van der Waals surface area contributed by atoms with Crippen molar-refractivity contribution >= 4 is 17.0 Å². The van der Waals surface area contributed by atoms with Gasteiger partial charge in [-0.3, -0.25) is 0 Å². The normalized spacial score (nSPS) is 14.0. The van der Waals surface area contributed by atoms with E-state index >= 15 is 0 Å². The summed E-state index contributed by atoms with van der Waals surface area (Å²) >= 11 is 1.83. The first-order valence-corrected chi connectivity index (χ1v) is 8.45. The van der Waals surface area contributed by atoms with Gasteiger partial charge >= 0.3 is 0 Å². The number of rotatable bonds is 6. The molecular formula is C18H26N2S. The molecule has 2 nitrogen and oxygen atoms in total. The number of aryl methyl sites for hydroxylation is 1. The third-order valence-corrected chi connectivity index (χ3v) is 4.79. The molecule has 2 atom stereocenters. The minimum absolute atomic E-state index is 0.187. The van der Waals surface area contributed by atoms with Gasteiger partial charge in [0.2, 0.25) is 0 Å². The molecule has 0 bridgehead atoms. The van der Waals surface area contributed by atoms with E-state index in [2.05, 4.69) is 68.4 Å². The summed E-state index contributed by atoms with van der Waals surface area (Å²) in [6, 6.07) is 11.7. The molecular weight excluding hydrogens is 276 g/mol. The van der Waals surface area contributed by atoms with Crippen molar-refractivity contribution in [2.24, 2.45) is 5.73 Å². The number of anilines is 1. The highest BCUT2D eigenvalue weighted by Gasteiger charge is 2.15. The van der Waals surface area contributed by atoms with Crippen LogP contribution in [-0.4, -0.2) is 19.1 Å². The largest absolute Gasteiger partial charge is 0.371 e. The molecule has 0 aliphatic heterocycles. The molecule has 0 amide bonds. The molecule has 1 aromatic heterocycles. The summed E-state index contributed by atoms with van der Waals surface area (Å²) in [5.74, 6) is 0. The number of hydrogen-bond acceptors (Lipinski definition) is 3. The number of hydrogen-bond donors (Lipinski definition) is 1. The van der Waals surface area contributed by atoms with Crippen molar-refractivity contribution in [1.29, 1.82) is 0 Å². The Bertz CT molecular complexity index is 561. The van der Waals surface area contributed by atoms with E-state index in [1.165, 1.54) is 21.7 Å². The molecule has 0 saturated heterocycles. The Labute approximate surface area is 132 Å². The van der Waals surface area contributed by atoms with Crippen molar-refractivity contribution in [1.82, 2.24) is 0 Å². The molecule has 114 valence electrons. The van der Waals surface area contributed by atoms with Gasteiger partial charge in [0.05, 0.1) is 0 Å². The van der Waals surface area contributed by atoms with Crippen LogP contribution in [0, 0.1) is 6.92 Å². The Balaban J connectivity index is 2.19. The lowest BCUT2D eigenvalue weighted by Crippen LogP contribution is -2.32. The molecule has 0 aliphatic rings. The predicted molar refractivity (Wildman–Crippen MR) is 94.4 cm³/mol. The Morgan fingerprint density at radius 3 is 2.57 bits per heavy atom. The van der Waals surface area contributed by atoms with Gasteiger partial charge in [0.15, 0.2) is 0 Å². The van der Waals surface area contributed by atoms with E-state index in [-0.39, 0.29) is 6.04 Å². The highest BCUT2D eigenvalue weighted by molar-refractivity contribution is 7.09. The van der Waals surface area contributed by atoms with E-state index in [1.54, 1.807) is 0 Å². The van der Waals surface area contributed by atoms with Crippen molar-refractivity contribution in [3.05, 3.63) is 51.7 Å². The quantitative estimate of drug-likeness (QED) is 0.873. The minimum atomic E-state index is 0.187. The average molecular weight is 302 g/mol. The lowest BCUT2D eigenvalue weighted by molar-refractivity contribution is 0.677. The first kappa shape index (κ1) is 16.1. The zero-order valence-corrected chi connectivity index (χ0v) is 14.3. The third kappa shape index (κ3) is 4.32. The maximum Gasteiger partial charge on any atom is 0.0399 e. The van der Waals surface area contributed by atoms with E-state index in [4.69, 9.17) is 5.73 Å². The first-order chi connectivity index (χ1) is 9.97. The summed E-state index contributed by atoms with van der Waals surface area (Å²) in [6.45, 7) is 6.50. The second-order valence-electron chi connectivity index (χ2n) is 6.06. The van der Waals surface area contributed by atoms with Crippen molar-refractivity contribution in [2.75, 3.05) is 11.9 Å². The second-order valence-corrected chi connectivity index (χ2v) is 7.09. The van der Waals surface area contributed by atoms with Crippen LogP contribution >= 0.6 is 11.3 Å². The summed E-state index contributed by atoms with van der Waals surface area (Å²) in [4.78, 5) is 3.83. The van der Waals surface area contributed by atoms with Crippen LogP contribution in [-0.2, 0) is 12.8 Å². The molecule has 21 heavy (non-hydrogen) atoms. The zero-order chi connectivity index (χ0) is 15.4. The topological polar surface area (TPSA) is 29.3 Å². The maximum absolute atomic E-state index is 6.01. The Hall–Kier alpha value is -1.32. The number of thiophene rings is 1.